The predicted octanol–water partition coefficient (Wildman–Crippen LogP) is 10.2. The molecule has 2 rings (SSSR count). The molecule has 0 N–H and O–H groups in total. The predicted molar refractivity (Wildman–Crippen MR) is 118 cm³/mol. The Hall–Kier alpha value is -1.79. The number of carbonyl (C=O) groups excluding carboxylic acids is 1. The maximum absolute atomic E-state index is 14.8. The van der Waals surface area contributed by atoms with Crippen LogP contribution in [0, 0.1) is 5.92 Å². The van der Waals surface area contributed by atoms with E-state index < -0.39 is 70.6 Å². The number of Topliss-reactive ketones (excluding diaryl/α,β-unsaturated/α-hetero) is 1. The van der Waals surface area contributed by atoms with Crippen LogP contribution in [0.2, 0.25) is 10.0 Å². The van der Waals surface area contributed by atoms with Gasteiger partial charge in [-0.2, -0.15) is 39.5 Å². The van der Waals surface area contributed by atoms with E-state index in [1.54, 1.807) is 0 Å². The summed E-state index contributed by atoms with van der Waals surface area (Å²) in [5.41, 5.74) is -4.55. The molecule has 2 aromatic carbocycles. The summed E-state index contributed by atoms with van der Waals surface area (Å²) in [6, 6.07) is 2.73. The first-order valence-electron chi connectivity index (χ1n) is 9.63. The number of carbonyl (C=O) groups is 1. The van der Waals surface area contributed by atoms with Gasteiger partial charge in [-0.1, -0.05) is 42.3 Å². The van der Waals surface area contributed by atoms with Gasteiger partial charge in [0.2, 0.25) is 0 Å². The number of hydrogen-bond acceptors (Lipinski definition) is 1. The summed E-state index contributed by atoms with van der Waals surface area (Å²) < 4.78 is 135. The summed E-state index contributed by atoms with van der Waals surface area (Å²) in [5, 5.41) is -0.480. The van der Waals surface area contributed by atoms with Crippen LogP contribution >= 0.6 is 39.1 Å². The lowest BCUT2D eigenvalue weighted by Crippen LogP contribution is -2.24. The monoisotopic (exact) mass is 632 g/mol. The molecule has 0 spiro atoms. The Morgan fingerprint density at radius 2 is 1.47 bits per heavy atom. The lowest BCUT2D eigenvalue weighted by atomic mass is 9.93. The van der Waals surface area contributed by atoms with Crippen LogP contribution in [-0.4, -0.2) is 18.1 Å². The first-order chi connectivity index (χ1) is 16.2. The number of alkyl halides is 9. The van der Waals surface area contributed by atoms with Crippen LogP contribution in [0.1, 0.15) is 46.3 Å². The van der Waals surface area contributed by atoms with E-state index in [-0.39, 0.29) is 26.7 Å². The van der Waals surface area contributed by atoms with Gasteiger partial charge in [-0.15, -0.1) is 0 Å². The molecule has 0 heterocycles. The van der Waals surface area contributed by atoms with Crippen molar-refractivity contribution >= 4 is 50.7 Å². The van der Waals surface area contributed by atoms with Gasteiger partial charge >= 0.3 is 18.5 Å². The first-order valence-corrected chi connectivity index (χ1v) is 11.2. The van der Waals surface area contributed by atoms with Crippen molar-refractivity contribution in [3.05, 3.63) is 73.2 Å². The third kappa shape index (κ3) is 7.38. The second kappa shape index (κ2) is 10.9. The van der Waals surface area contributed by atoms with E-state index >= 15 is 0 Å². The highest BCUT2D eigenvalue weighted by Gasteiger charge is 2.42. The third-order valence-corrected chi connectivity index (χ3v) is 6.89. The second-order valence-corrected chi connectivity index (χ2v) is 9.27. The third-order valence-electron chi connectivity index (χ3n) is 4.98. The van der Waals surface area contributed by atoms with Gasteiger partial charge in [0.05, 0.1) is 26.0 Å². The Kier molecular flexibility index (Phi) is 9.22. The molecule has 36 heavy (non-hydrogen) atoms. The van der Waals surface area contributed by atoms with Gasteiger partial charge in [-0.3, -0.25) is 4.79 Å². The molecule has 0 amide bonds. The molecule has 198 valence electrons. The Morgan fingerprint density at radius 1 is 0.944 bits per heavy atom. The van der Waals surface area contributed by atoms with Crippen molar-refractivity contribution in [3.8, 4) is 0 Å². The molecule has 0 aliphatic rings. The van der Waals surface area contributed by atoms with Crippen LogP contribution in [0.15, 0.2) is 40.9 Å². The summed E-state index contributed by atoms with van der Waals surface area (Å²) in [4.78, 5) is 12.2. The zero-order chi connectivity index (χ0) is 27.8. The maximum atomic E-state index is 14.8. The molecular formula is C22H13BrCl2F10O. The van der Waals surface area contributed by atoms with E-state index in [1.165, 1.54) is 0 Å². The highest BCUT2D eigenvalue weighted by molar-refractivity contribution is 9.10. The largest absolute Gasteiger partial charge is 0.417 e. The summed E-state index contributed by atoms with van der Waals surface area (Å²) >= 11 is 14.6. The van der Waals surface area contributed by atoms with Gasteiger partial charge in [0, 0.05) is 17.5 Å². The second-order valence-electron chi connectivity index (χ2n) is 7.66. The van der Waals surface area contributed by atoms with Gasteiger partial charge in [0.25, 0.3) is 0 Å². The summed E-state index contributed by atoms with van der Waals surface area (Å²) in [6.45, 7) is 0.597. The molecule has 2 aromatic rings. The average Bonchev–Trinajstić information content (AvgIpc) is 2.72. The van der Waals surface area contributed by atoms with Crippen LogP contribution in [0.25, 0.3) is 5.83 Å². The molecule has 0 aromatic heterocycles. The Bertz CT molecular complexity index is 1150. The molecule has 0 saturated carbocycles. The normalized spacial score (nSPS) is 15.1. The van der Waals surface area contributed by atoms with Crippen molar-refractivity contribution in [2.45, 2.75) is 37.8 Å². The topological polar surface area (TPSA) is 17.1 Å². The van der Waals surface area contributed by atoms with Crippen molar-refractivity contribution in [1.82, 2.24) is 0 Å². The van der Waals surface area contributed by atoms with Crippen molar-refractivity contribution in [3.63, 3.8) is 0 Å². The van der Waals surface area contributed by atoms with Gasteiger partial charge in [-0.25, -0.2) is 4.39 Å². The van der Waals surface area contributed by atoms with E-state index in [0.717, 1.165) is 12.1 Å². The molecule has 1 unspecified atom stereocenters. The lowest BCUT2D eigenvalue weighted by molar-refractivity contribution is -0.168. The Labute approximate surface area is 216 Å². The molecule has 0 aliphatic carbocycles. The van der Waals surface area contributed by atoms with Crippen LogP contribution in [0.5, 0.6) is 0 Å². The van der Waals surface area contributed by atoms with Crippen LogP contribution in [0.3, 0.4) is 0 Å². The van der Waals surface area contributed by atoms with Crippen LogP contribution in [-0.2, 0) is 6.18 Å². The van der Waals surface area contributed by atoms with Crippen molar-refractivity contribution in [2.75, 3.05) is 0 Å². The highest BCUT2D eigenvalue weighted by Crippen LogP contribution is 2.43. The first kappa shape index (κ1) is 30.4. The van der Waals surface area contributed by atoms with E-state index in [4.69, 9.17) is 23.2 Å². The SMILES string of the molecule is C[C@@H](CC(=O)c1ccc(/C(F)=C/C(c2cc(Cl)c(Br)c(Cl)c2)C(F)(F)F)cc1C(F)(F)F)C(F)(F)F. The summed E-state index contributed by atoms with van der Waals surface area (Å²) in [7, 11) is 0. The smallest absolute Gasteiger partial charge is 0.294 e. The fourth-order valence-corrected chi connectivity index (χ4v) is 3.78. The average molecular weight is 634 g/mol. The fraction of sp³-hybridized carbons (Fsp3) is 0.318. The van der Waals surface area contributed by atoms with Gasteiger partial charge < -0.3 is 0 Å². The fourth-order valence-electron chi connectivity index (χ4n) is 3.05. The van der Waals surface area contributed by atoms with E-state index in [1.807, 2.05) is 0 Å². The Morgan fingerprint density at radius 3 is 1.92 bits per heavy atom. The van der Waals surface area contributed by atoms with Crippen LogP contribution < -0.4 is 0 Å². The summed E-state index contributed by atoms with van der Waals surface area (Å²) in [6.07, 6.45) is -16.6. The van der Waals surface area contributed by atoms with Crippen LogP contribution in [0.4, 0.5) is 43.9 Å². The number of benzene rings is 2. The number of ketones is 1. The number of hydrogen-bond donors (Lipinski definition) is 0. The molecule has 1 nitrogen and oxygen atoms in total. The number of halogens is 13. The van der Waals surface area contributed by atoms with Crippen molar-refractivity contribution in [2.24, 2.45) is 5.92 Å². The summed E-state index contributed by atoms with van der Waals surface area (Å²) in [5.74, 6) is -8.19. The number of rotatable bonds is 6. The van der Waals surface area contributed by atoms with Crippen molar-refractivity contribution in [1.29, 1.82) is 0 Å². The van der Waals surface area contributed by atoms with Crippen molar-refractivity contribution < 1.29 is 48.7 Å². The molecule has 0 saturated heterocycles. The minimum absolute atomic E-state index is 0.00138. The molecule has 0 aliphatic heterocycles. The zero-order valence-electron chi connectivity index (χ0n) is 17.6. The van der Waals surface area contributed by atoms with Gasteiger partial charge in [0.15, 0.2) is 5.78 Å². The van der Waals surface area contributed by atoms with Gasteiger partial charge in [-0.05, 0) is 45.8 Å². The lowest BCUT2D eigenvalue weighted by Gasteiger charge is -2.19. The van der Waals surface area contributed by atoms with E-state index in [0.29, 0.717) is 19.1 Å². The number of allylic oxidation sites excluding steroid dienone is 1. The minimum atomic E-state index is -5.32. The minimum Gasteiger partial charge on any atom is -0.294 e. The molecule has 0 fully saturated rings. The standard InChI is InChI=1S/C22H13BrCl2F10O/c1-9(20(27,28)29)4-18(36)12-3-2-10(5-14(12)22(33,34)35)17(26)8-13(21(30,31)32)11-6-15(24)19(23)16(25)7-11/h2-3,5-9,13H,4H2,1H3/b17-8-/t9-,13?/m0/s1. The molecule has 2 atom stereocenters. The zero-order valence-corrected chi connectivity index (χ0v) is 20.7. The molecule has 0 radical (unpaired) electrons. The molecular weight excluding hydrogens is 621 g/mol. The Balaban J connectivity index is 2.57. The highest BCUT2D eigenvalue weighted by atomic mass is 79.9. The van der Waals surface area contributed by atoms with Gasteiger partial charge in [0.1, 0.15) is 11.7 Å². The molecule has 14 heteroatoms. The quantitative estimate of drug-likeness (QED) is 0.176. The van der Waals surface area contributed by atoms with E-state index in [9.17, 15) is 48.7 Å². The maximum Gasteiger partial charge on any atom is 0.417 e. The van der Waals surface area contributed by atoms with E-state index in [2.05, 4.69) is 15.9 Å². The molecule has 0 bridgehead atoms.